The standard InChI is InChI=1S/C14H22N2O3S/c1-8-6-16-10(9(2)11(8)19-5)7-20-14(3,4)12(15)13(17)18/h6,12H,7,15H2,1-5H3,(H,17,18)/t12-/m0/s1. The minimum atomic E-state index is -0.992. The van der Waals surface area contributed by atoms with E-state index in [1.165, 1.54) is 11.8 Å². The average molecular weight is 298 g/mol. The smallest absolute Gasteiger partial charge is 0.321 e. The van der Waals surface area contributed by atoms with Gasteiger partial charge in [0.2, 0.25) is 0 Å². The molecule has 0 radical (unpaired) electrons. The van der Waals surface area contributed by atoms with Gasteiger partial charge in [-0.15, -0.1) is 11.8 Å². The molecule has 0 aliphatic heterocycles. The predicted octanol–water partition coefficient (Wildman–Crippen LogP) is 2.13. The van der Waals surface area contributed by atoms with E-state index in [0.717, 1.165) is 22.6 Å². The van der Waals surface area contributed by atoms with Gasteiger partial charge in [-0.25, -0.2) is 0 Å². The van der Waals surface area contributed by atoms with E-state index >= 15 is 0 Å². The van der Waals surface area contributed by atoms with Gasteiger partial charge in [0.15, 0.2) is 0 Å². The highest BCUT2D eigenvalue weighted by Gasteiger charge is 2.32. The van der Waals surface area contributed by atoms with Crippen LogP contribution in [-0.4, -0.2) is 34.0 Å². The number of rotatable bonds is 6. The van der Waals surface area contributed by atoms with Crippen LogP contribution in [-0.2, 0) is 10.5 Å². The first-order valence-corrected chi connectivity index (χ1v) is 7.30. The summed E-state index contributed by atoms with van der Waals surface area (Å²) in [5.74, 6) is 0.431. The first-order chi connectivity index (χ1) is 9.20. The molecular weight excluding hydrogens is 276 g/mol. The van der Waals surface area contributed by atoms with Crippen molar-refractivity contribution in [2.45, 2.75) is 44.2 Å². The Morgan fingerprint density at radius 1 is 1.55 bits per heavy atom. The number of aliphatic carboxylic acids is 1. The molecule has 0 amide bonds. The number of nitrogens with two attached hydrogens (primary N) is 1. The summed E-state index contributed by atoms with van der Waals surface area (Å²) in [4.78, 5) is 15.4. The molecule has 3 N–H and O–H groups in total. The normalized spacial score (nSPS) is 13.1. The van der Waals surface area contributed by atoms with Crippen LogP contribution in [0.2, 0.25) is 0 Å². The van der Waals surface area contributed by atoms with Crippen LogP contribution in [0.1, 0.15) is 30.7 Å². The lowest BCUT2D eigenvalue weighted by molar-refractivity contribution is -0.139. The fraction of sp³-hybridized carbons (Fsp3) is 0.571. The van der Waals surface area contributed by atoms with Crippen LogP contribution in [0.4, 0.5) is 0 Å². The number of carbonyl (C=O) groups is 1. The number of methoxy groups -OCH3 is 1. The maximum atomic E-state index is 11.0. The van der Waals surface area contributed by atoms with Crippen molar-refractivity contribution >= 4 is 17.7 Å². The maximum absolute atomic E-state index is 11.0. The molecule has 0 aliphatic rings. The van der Waals surface area contributed by atoms with E-state index in [9.17, 15) is 4.79 Å². The first kappa shape index (κ1) is 16.8. The number of carboxylic acid groups (broad SMARTS) is 1. The molecule has 0 unspecified atom stereocenters. The molecule has 5 nitrogen and oxygen atoms in total. The summed E-state index contributed by atoms with van der Waals surface area (Å²) < 4.78 is 4.79. The molecule has 0 saturated carbocycles. The van der Waals surface area contributed by atoms with Gasteiger partial charge in [-0.1, -0.05) is 0 Å². The van der Waals surface area contributed by atoms with E-state index in [-0.39, 0.29) is 0 Å². The fourth-order valence-electron chi connectivity index (χ4n) is 1.86. The van der Waals surface area contributed by atoms with Gasteiger partial charge >= 0.3 is 5.97 Å². The number of aryl methyl sites for hydroxylation is 1. The quantitative estimate of drug-likeness (QED) is 0.837. The number of thioether (sulfide) groups is 1. The topological polar surface area (TPSA) is 85.4 Å². The molecule has 20 heavy (non-hydrogen) atoms. The molecule has 112 valence electrons. The van der Waals surface area contributed by atoms with Gasteiger partial charge in [-0.05, 0) is 27.7 Å². The van der Waals surface area contributed by atoms with E-state index in [1.54, 1.807) is 13.3 Å². The Kier molecular flexibility index (Phi) is 5.42. The molecule has 0 aromatic carbocycles. The lowest BCUT2D eigenvalue weighted by atomic mass is 10.1. The number of ether oxygens (including phenoxy) is 1. The van der Waals surface area contributed by atoms with Crippen LogP contribution in [0.3, 0.4) is 0 Å². The van der Waals surface area contributed by atoms with E-state index in [1.807, 2.05) is 27.7 Å². The van der Waals surface area contributed by atoms with Gasteiger partial charge in [0.05, 0.1) is 12.8 Å². The van der Waals surface area contributed by atoms with Crippen LogP contribution in [0, 0.1) is 13.8 Å². The zero-order chi connectivity index (χ0) is 15.5. The van der Waals surface area contributed by atoms with Crippen LogP contribution in [0.5, 0.6) is 5.75 Å². The van der Waals surface area contributed by atoms with Crippen molar-refractivity contribution in [3.05, 3.63) is 23.0 Å². The molecular formula is C14H22N2O3S. The first-order valence-electron chi connectivity index (χ1n) is 6.32. The highest BCUT2D eigenvalue weighted by atomic mass is 32.2. The van der Waals surface area contributed by atoms with Crippen molar-refractivity contribution in [2.75, 3.05) is 7.11 Å². The van der Waals surface area contributed by atoms with Crippen molar-refractivity contribution in [1.29, 1.82) is 0 Å². The third-order valence-corrected chi connectivity index (χ3v) is 4.76. The molecule has 1 atom stereocenters. The highest BCUT2D eigenvalue weighted by Crippen LogP contribution is 2.33. The van der Waals surface area contributed by atoms with Gasteiger partial charge in [0.1, 0.15) is 11.8 Å². The number of nitrogens with zero attached hydrogens (tertiary/aromatic N) is 1. The van der Waals surface area contributed by atoms with Gasteiger partial charge in [0, 0.05) is 27.8 Å². The second-order valence-electron chi connectivity index (χ2n) is 5.25. The molecule has 0 bridgehead atoms. The largest absolute Gasteiger partial charge is 0.496 e. The summed E-state index contributed by atoms with van der Waals surface area (Å²) in [6.07, 6.45) is 1.77. The molecule has 1 heterocycles. The van der Waals surface area contributed by atoms with Crippen molar-refractivity contribution in [1.82, 2.24) is 4.98 Å². The molecule has 1 rings (SSSR count). The third-order valence-electron chi connectivity index (χ3n) is 3.35. The van der Waals surface area contributed by atoms with Crippen LogP contribution in [0.15, 0.2) is 6.20 Å². The summed E-state index contributed by atoms with van der Waals surface area (Å²) in [5, 5.41) is 9.01. The summed E-state index contributed by atoms with van der Waals surface area (Å²) in [6, 6.07) is -0.917. The van der Waals surface area contributed by atoms with Crippen molar-refractivity contribution < 1.29 is 14.6 Å². The van der Waals surface area contributed by atoms with E-state index in [0.29, 0.717) is 5.75 Å². The molecule has 0 saturated heterocycles. The minimum absolute atomic E-state index is 0.571. The molecule has 0 spiro atoms. The Balaban J connectivity index is 2.88. The summed E-state index contributed by atoms with van der Waals surface area (Å²) >= 11 is 1.48. The lowest BCUT2D eigenvalue weighted by Gasteiger charge is -2.28. The molecule has 1 aromatic rings. The van der Waals surface area contributed by atoms with E-state index in [2.05, 4.69) is 4.98 Å². The Bertz CT molecular complexity index is 503. The van der Waals surface area contributed by atoms with Gasteiger partial charge in [0.25, 0.3) is 0 Å². The SMILES string of the molecule is COc1c(C)cnc(CSC(C)(C)[C@@H](N)C(=O)O)c1C. The van der Waals surface area contributed by atoms with Crippen molar-refractivity contribution in [2.24, 2.45) is 5.73 Å². The lowest BCUT2D eigenvalue weighted by Crippen LogP contribution is -2.46. The third kappa shape index (κ3) is 3.64. The second-order valence-corrected chi connectivity index (χ2v) is 6.88. The van der Waals surface area contributed by atoms with Crippen LogP contribution >= 0.6 is 11.8 Å². The predicted molar refractivity (Wildman–Crippen MR) is 81.2 cm³/mol. The van der Waals surface area contributed by atoms with Crippen molar-refractivity contribution in [3.8, 4) is 5.75 Å². The van der Waals surface area contributed by atoms with E-state index in [4.69, 9.17) is 15.6 Å². The summed E-state index contributed by atoms with van der Waals surface area (Å²) in [5.41, 5.74) is 8.58. The number of pyridine rings is 1. The number of hydrogen-bond acceptors (Lipinski definition) is 5. The minimum Gasteiger partial charge on any atom is -0.496 e. The Morgan fingerprint density at radius 2 is 2.15 bits per heavy atom. The zero-order valence-electron chi connectivity index (χ0n) is 12.6. The molecule has 1 aromatic heterocycles. The Hall–Kier alpha value is -1.27. The summed E-state index contributed by atoms with van der Waals surface area (Å²) in [7, 11) is 1.64. The number of hydrogen-bond donors (Lipinski definition) is 2. The molecule has 0 aliphatic carbocycles. The zero-order valence-corrected chi connectivity index (χ0v) is 13.4. The fourth-order valence-corrected chi connectivity index (χ4v) is 2.94. The number of aromatic nitrogens is 1. The van der Waals surface area contributed by atoms with Gasteiger partial charge in [-0.3, -0.25) is 9.78 Å². The number of carboxylic acids is 1. The summed E-state index contributed by atoms with van der Waals surface area (Å²) in [6.45, 7) is 7.56. The monoisotopic (exact) mass is 298 g/mol. The van der Waals surface area contributed by atoms with Crippen molar-refractivity contribution in [3.63, 3.8) is 0 Å². The Morgan fingerprint density at radius 3 is 2.65 bits per heavy atom. The highest BCUT2D eigenvalue weighted by molar-refractivity contribution is 7.99. The average Bonchev–Trinajstić information content (AvgIpc) is 2.37. The Labute approximate surface area is 123 Å². The molecule has 6 heteroatoms. The van der Waals surface area contributed by atoms with Gasteiger partial charge in [-0.2, -0.15) is 0 Å². The second kappa shape index (κ2) is 6.45. The maximum Gasteiger partial charge on any atom is 0.321 e. The van der Waals surface area contributed by atoms with Crippen LogP contribution in [0.25, 0.3) is 0 Å². The van der Waals surface area contributed by atoms with Gasteiger partial charge < -0.3 is 15.6 Å². The van der Waals surface area contributed by atoms with E-state index < -0.39 is 16.8 Å². The van der Waals surface area contributed by atoms with Crippen LogP contribution < -0.4 is 10.5 Å². The molecule has 0 fully saturated rings.